The molecule has 1 heterocycles. The molecule has 3 atom stereocenters. The van der Waals surface area contributed by atoms with E-state index in [-0.39, 0.29) is 11.8 Å². The number of amides is 3. The molecule has 0 spiro atoms. The average Bonchev–Trinajstić information content (AvgIpc) is 3.90. The monoisotopic (exact) mass is 613 g/mol. The fourth-order valence-electron chi connectivity index (χ4n) is 6.80. The van der Waals surface area contributed by atoms with Crippen molar-refractivity contribution in [3.63, 3.8) is 0 Å². The Morgan fingerprint density at radius 2 is 1.59 bits per heavy atom. The van der Waals surface area contributed by atoms with Gasteiger partial charge in [-0.1, -0.05) is 123 Å². The SMILES string of the molecule is CCCC[C@H](C(N)=O)[C@@H](CC1CC1)C(=O)NC1C(=O)N(Cc2cccc(-c3ccc(C)cc3)c2)c2ccccc2-c2ccccc21. The number of aryl methyl sites for hydroxylation is 1. The molecule has 1 aliphatic heterocycles. The third kappa shape index (κ3) is 6.76. The van der Waals surface area contributed by atoms with Crippen molar-refractivity contribution in [3.05, 3.63) is 114 Å². The van der Waals surface area contributed by atoms with Gasteiger partial charge in [-0.2, -0.15) is 0 Å². The topological polar surface area (TPSA) is 92.5 Å². The van der Waals surface area contributed by atoms with Crippen LogP contribution in [0.1, 0.15) is 68.2 Å². The van der Waals surface area contributed by atoms with Crippen molar-refractivity contribution in [1.82, 2.24) is 5.32 Å². The molecule has 0 bridgehead atoms. The fraction of sp³-hybridized carbons (Fsp3) is 0.325. The quantitative estimate of drug-likeness (QED) is 0.171. The molecule has 6 nitrogen and oxygen atoms in total. The second-order valence-electron chi connectivity index (χ2n) is 13.0. The number of nitrogens with zero attached hydrogens (tertiary/aromatic N) is 1. The smallest absolute Gasteiger partial charge is 0.254 e. The number of rotatable bonds is 12. The van der Waals surface area contributed by atoms with Gasteiger partial charge in [0.2, 0.25) is 11.8 Å². The second kappa shape index (κ2) is 13.7. The van der Waals surface area contributed by atoms with E-state index in [1.165, 1.54) is 5.56 Å². The van der Waals surface area contributed by atoms with Crippen LogP contribution in [0, 0.1) is 24.7 Å². The molecular weight excluding hydrogens is 570 g/mol. The Kier molecular flexibility index (Phi) is 9.34. The number of para-hydroxylation sites is 1. The van der Waals surface area contributed by atoms with E-state index in [1.807, 2.05) is 60.7 Å². The van der Waals surface area contributed by atoms with E-state index in [0.29, 0.717) is 25.3 Å². The van der Waals surface area contributed by atoms with Crippen LogP contribution in [0.15, 0.2) is 97.1 Å². The van der Waals surface area contributed by atoms with Gasteiger partial charge in [-0.15, -0.1) is 0 Å². The Balaban J connectivity index is 1.37. The summed E-state index contributed by atoms with van der Waals surface area (Å²) in [5, 5.41) is 3.17. The summed E-state index contributed by atoms with van der Waals surface area (Å²) >= 11 is 0. The van der Waals surface area contributed by atoms with Gasteiger partial charge in [0.1, 0.15) is 6.04 Å². The summed E-state index contributed by atoms with van der Waals surface area (Å²) in [4.78, 5) is 43.5. The zero-order valence-electron chi connectivity index (χ0n) is 26.7. The molecule has 3 amide bonds. The van der Waals surface area contributed by atoms with Gasteiger partial charge in [0.05, 0.1) is 12.2 Å². The number of carbonyl (C=O) groups is 3. The first-order valence-electron chi connectivity index (χ1n) is 16.6. The number of unbranched alkanes of at least 4 members (excludes halogenated alkanes) is 1. The van der Waals surface area contributed by atoms with E-state index in [0.717, 1.165) is 64.8 Å². The zero-order valence-corrected chi connectivity index (χ0v) is 26.7. The van der Waals surface area contributed by atoms with Crippen LogP contribution in [0.3, 0.4) is 0 Å². The van der Waals surface area contributed by atoms with Crippen LogP contribution in [-0.4, -0.2) is 17.7 Å². The number of nitrogens with two attached hydrogens (primary N) is 1. The minimum absolute atomic E-state index is 0.208. The van der Waals surface area contributed by atoms with E-state index >= 15 is 0 Å². The van der Waals surface area contributed by atoms with Crippen LogP contribution < -0.4 is 16.0 Å². The van der Waals surface area contributed by atoms with E-state index < -0.39 is 23.8 Å². The molecule has 0 radical (unpaired) electrons. The Morgan fingerprint density at radius 1 is 0.870 bits per heavy atom. The van der Waals surface area contributed by atoms with E-state index in [4.69, 9.17) is 5.73 Å². The second-order valence-corrected chi connectivity index (χ2v) is 13.0. The van der Waals surface area contributed by atoms with E-state index in [9.17, 15) is 14.4 Å². The van der Waals surface area contributed by atoms with E-state index in [1.54, 1.807) is 4.90 Å². The largest absolute Gasteiger partial charge is 0.369 e. The summed E-state index contributed by atoms with van der Waals surface area (Å²) < 4.78 is 0. The van der Waals surface area contributed by atoms with E-state index in [2.05, 4.69) is 55.6 Å². The van der Waals surface area contributed by atoms with Gasteiger partial charge in [-0.3, -0.25) is 14.4 Å². The number of benzene rings is 4. The summed E-state index contributed by atoms with van der Waals surface area (Å²) in [5.74, 6) is -1.63. The van der Waals surface area contributed by atoms with Crippen molar-refractivity contribution < 1.29 is 14.4 Å². The molecule has 6 heteroatoms. The molecule has 0 aromatic heterocycles. The van der Waals surface area contributed by atoms with Gasteiger partial charge in [0.15, 0.2) is 0 Å². The van der Waals surface area contributed by atoms with Gasteiger partial charge in [-0.25, -0.2) is 0 Å². The lowest BCUT2D eigenvalue weighted by molar-refractivity contribution is -0.136. The van der Waals surface area contributed by atoms with Crippen molar-refractivity contribution in [2.24, 2.45) is 23.5 Å². The summed E-state index contributed by atoms with van der Waals surface area (Å²) in [6.07, 6.45) is 5.02. The molecule has 1 fully saturated rings. The lowest BCUT2D eigenvalue weighted by Crippen LogP contribution is -2.46. The minimum atomic E-state index is -0.919. The summed E-state index contributed by atoms with van der Waals surface area (Å²) in [6.45, 7) is 4.48. The molecule has 46 heavy (non-hydrogen) atoms. The highest BCUT2D eigenvalue weighted by Gasteiger charge is 2.40. The number of hydrogen-bond donors (Lipinski definition) is 2. The number of carbonyl (C=O) groups excluding carboxylic acids is 3. The highest BCUT2D eigenvalue weighted by atomic mass is 16.2. The predicted octanol–water partition coefficient (Wildman–Crippen LogP) is 7.74. The van der Waals surface area contributed by atoms with Crippen LogP contribution in [0.2, 0.25) is 0 Å². The number of anilines is 1. The Bertz CT molecular complexity index is 1730. The Hall–Kier alpha value is -4.71. The van der Waals surface area contributed by atoms with Gasteiger partial charge in [0.25, 0.3) is 5.91 Å². The maximum atomic E-state index is 14.8. The maximum absolute atomic E-state index is 14.8. The summed E-state index contributed by atoms with van der Waals surface area (Å²) in [7, 11) is 0. The van der Waals surface area contributed by atoms with Crippen molar-refractivity contribution in [3.8, 4) is 22.3 Å². The molecule has 4 aromatic carbocycles. The predicted molar refractivity (Wildman–Crippen MR) is 184 cm³/mol. The normalized spacial score (nSPS) is 17.0. The van der Waals surface area contributed by atoms with Crippen molar-refractivity contribution in [2.45, 2.75) is 65.0 Å². The van der Waals surface area contributed by atoms with Crippen molar-refractivity contribution >= 4 is 23.4 Å². The standard InChI is InChI=1S/C40H43N3O3/c1-3-4-12-34(38(41)44)35(24-27-19-20-27)39(45)42-37-33-15-6-5-13-31(33)32-14-7-8-16-36(32)43(40(37)46)25-28-10-9-11-30(23-28)29-21-17-26(2)18-22-29/h5-11,13-18,21-23,27,34-35,37H,3-4,12,19-20,24-25H2,1-2H3,(H2,41,44)(H,42,45)/t34-,35+,37?/m0/s1. The van der Waals surface area contributed by atoms with Crippen LogP contribution in [0.5, 0.6) is 0 Å². The number of nitrogens with one attached hydrogen (secondary N) is 1. The van der Waals surface area contributed by atoms with Crippen molar-refractivity contribution in [2.75, 3.05) is 4.90 Å². The van der Waals surface area contributed by atoms with Gasteiger partial charge in [-0.05, 0) is 65.6 Å². The minimum Gasteiger partial charge on any atom is -0.369 e. The average molecular weight is 614 g/mol. The molecular formula is C40H43N3O3. The first kappa shape index (κ1) is 31.3. The molecule has 3 N–H and O–H groups in total. The molecule has 4 aromatic rings. The van der Waals surface area contributed by atoms with Gasteiger partial charge < -0.3 is 16.0 Å². The first-order valence-corrected chi connectivity index (χ1v) is 16.6. The molecule has 6 rings (SSSR count). The summed E-state index contributed by atoms with van der Waals surface area (Å²) in [6, 6.07) is 31.5. The summed E-state index contributed by atoms with van der Waals surface area (Å²) in [5.41, 5.74) is 13.7. The zero-order chi connectivity index (χ0) is 32.2. The first-order chi connectivity index (χ1) is 22.3. The van der Waals surface area contributed by atoms with Crippen molar-refractivity contribution in [1.29, 1.82) is 0 Å². The van der Waals surface area contributed by atoms with Crippen LogP contribution in [0.4, 0.5) is 5.69 Å². The molecule has 1 aliphatic carbocycles. The molecule has 1 saturated carbocycles. The molecule has 0 saturated heterocycles. The lowest BCUT2D eigenvalue weighted by Gasteiger charge is -2.29. The lowest BCUT2D eigenvalue weighted by atomic mass is 9.82. The molecule has 236 valence electrons. The number of fused-ring (bicyclic) bond motifs is 3. The Morgan fingerprint density at radius 3 is 2.30 bits per heavy atom. The van der Waals surface area contributed by atoms with Gasteiger partial charge >= 0.3 is 0 Å². The highest BCUT2D eigenvalue weighted by molar-refractivity contribution is 6.06. The third-order valence-electron chi connectivity index (χ3n) is 9.55. The third-order valence-corrected chi connectivity index (χ3v) is 9.55. The number of hydrogen-bond acceptors (Lipinski definition) is 3. The van der Waals surface area contributed by atoms with Gasteiger partial charge in [0, 0.05) is 17.4 Å². The maximum Gasteiger partial charge on any atom is 0.254 e. The number of primary amides is 1. The van der Waals surface area contributed by atoms with Crippen LogP contribution >= 0.6 is 0 Å². The van der Waals surface area contributed by atoms with Crippen LogP contribution in [-0.2, 0) is 20.9 Å². The molecule has 2 aliphatic rings. The Labute approximate surface area is 272 Å². The molecule has 1 unspecified atom stereocenters. The van der Waals surface area contributed by atoms with Crippen LogP contribution in [0.25, 0.3) is 22.3 Å². The highest BCUT2D eigenvalue weighted by Crippen LogP contribution is 2.42. The fourth-order valence-corrected chi connectivity index (χ4v) is 6.80.